The quantitative estimate of drug-likeness (QED) is 0.876. The highest BCUT2D eigenvalue weighted by Gasteiger charge is 2.14. The summed E-state index contributed by atoms with van der Waals surface area (Å²) >= 11 is 0. The molecule has 0 atom stereocenters. The van der Waals surface area contributed by atoms with Gasteiger partial charge in [0, 0.05) is 19.2 Å². The third kappa shape index (κ3) is 2.11. The number of benzene rings is 1. The van der Waals surface area contributed by atoms with Gasteiger partial charge in [-0.25, -0.2) is 0 Å². The number of hydrogen-bond donors (Lipinski definition) is 1. The molecular weight excluding hydrogens is 210 g/mol. The maximum absolute atomic E-state index is 4.64. The first kappa shape index (κ1) is 11.9. The third-order valence-corrected chi connectivity index (χ3v) is 3.17. The highest BCUT2D eigenvalue weighted by molar-refractivity contribution is 5.67. The van der Waals surface area contributed by atoms with Crippen molar-refractivity contribution in [3.63, 3.8) is 0 Å². The van der Waals surface area contributed by atoms with Crippen molar-refractivity contribution in [2.24, 2.45) is 7.05 Å². The van der Waals surface area contributed by atoms with E-state index in [-0.39, 0.29) is 0 Å². The van der Waals surface area contributed by atoms with Gasteiger partial charge in [0.05, 0.1) is 11.4 Å². The lowest BCUT2D eigenvalue weighted by molar-refractivity contribution is 0.671. The second-order valence-electron chi connectivity index (χ2n) is 4.39. The molecule has 1 N–H and O–H groups in total. The molecule has 0 aliphatic heterocycles. The summed E-state index contributed by atoms with van der Waals surface area (Å²) in [6, 6.07) is 8.38. The van der Waals surface area contributed by atoms with E-state index < -0.39 is 0 Å². The van der Waals surface area contributed by atoms with Gasteiger partial charge in [0.25, 0.3) is 0 Å². The smallest absolute Gasteiger partial charge is 0.0958 e. The topological polar surface area (TPSA) is 29.9 Å². The van der Waals surface area contributed by atoms with Crippen LogP contribution in [0.2, 0.25) is 0 Å². The van der Waals surface area contributed by atoms with E-state index in [2.05, 4.69) is 48.5 Å². The molecule has 90 valence electrons. The molecular formula is C14H19N3. The predicted molar refractivity (Wildman–Crippen MR) is 70.9 cm³/mol. The van der Waals surface area contributed by atoms with Crippen molar-refractivity contribution in [1.29, 1.82) is 0 Å². The van der Waals surface area contributed by atoms with Gasteiger partial charge >= 0.3 is 0 Å². The van der Waals surface area contributed by atoms with Crippen LogP contribution < -0.4 is 5.32 Å². The van der Waals surface area contributed by atoms with E-state index in [1.165, 1.54) is 22.4 Å². The van der Waals surface area contributed by atoms with Crippen LogP contribution in [0, 0.1) is 13.8 Å². The minimum atomic E-state index is 0.848. The molecule has 1 heterocycles. The van der Waals surface area contributed by atoms with Gasteiger partial charge in [0.2, 0.25) is 0 Å². The van der Waals surface area contributed by atoms with Crippen LogP contribution in [-0.2, 0) is 13.6 Å². The number of hydrogen-bond acceptors (Lipinski definition) is 2. The summed E-state index contributed by atoms with van der Waals surface area (Å²) in [7, 11) is 3.96. The van der Waals surface area contributed by atoms with E-state index in [0.717, 1.165) is 12.2 Å². The molecule has 0 amide bonds. The first-order valence-corrected chi connectivity index (χ1v) is 5.88. The normalized spacial score (nSPS) is 10.8. The zero-order valence-electron chi connectivity index (χ0n) is 10.9. The summed E-state index contributed by atoms with van der Waals surface area (Å²) in [4.78, 5) is 0. The van der Waals surface area contributed by atoms with Crippen molar-refractivity contribution in [3.8, 4) is 11.3 Å². The Morgan fingerprint density at radius 2 is 1.94 bits per heavy atom. The van der Waals surface area contributed by atoms with Gasteiger partial charge in [-0.3, -0.25) is 4.68 Å². The average Bonchev–Trinajstić information content (AvgIpc) is 2.58. The van der Waals surface area contributed by atoms with Crippen LogP contribution in [0.3, 0.4) is 0 Å². The van der Waals surface area contributed by atoms with E-state index in [0.29, 0.717) is 0 Å². The van der Waals surface area contributed by atoms with Gasteiger partial charge in [-0.1, -0.05) is 24.3 Å². The molecule has 0 spiro atoms. The van der Waals surface area contributed by atoms with Gasteiger partial charge < -0.3 is 5.32 Å². The summed E-state index contributed by atoms with van der Waals surface area (Å²) < 4.78 is 1.97. The second kappa shape index (κ2) is 4.72. The van der Waals surface area contributed by atoms with Crippen LogP contribution in [0.4, 0.5) is 0 Å². The predicted octanol–water partition coefficient (Wildman–Crippen LogP) is 2.42. The number of aryl methyl sites for hydroxylation is 2. The third-order valence-electron chi connectivity index (χ3n) is 3.17. The van der Waals surface area contributed by atoms with Crippen molar-refractivity contribution >= 4 is 0 Å². The van der Waals surface area contributed by atoms with Crippen LogP contribution in [0.1, 0.15) is 16.8 Å². The number of nitrogens with one attached hydrogen (secondary N) is 1. The molecule has 0 unspecified atom stereocenters. The molecule has 0 saturated carbocycles. The van der Waals surface area contributed by atoms with Crippen LogP contribution in [0.5, 0.6) is 0 Å². The maximum atomic E-state index is 4.64. The Balaban J connectivity index is 2.54. The minimum absolute atomic E-state index is 0.848. The fraction of sp³-hybridized carbons (Fsp3) is 0.357. The molecule has 2 rings (SSSR count). The lowest BCUT2D eigenvalue weighted by atomic mass is 10.0. The van der Waals surface area contributed by atoms with E-state index >= 15 is 0 Å². The van der Waals surface area contributed by atoms with Gasteiger partial charge in [0.1, 0.15) is 0 Å². The Kier molecular flexibility index (Phi) is 3.29. The molecule has 0 aliphatic rings. The largest absolute Gasteiger partial charge is 0.314 e. The molecule has 0 bridgehead atoms. The summed E-state index contributed by atoms with van der Waals surface area (Å²) in [5.41, 5.74) is 6.09. The number of nitrogens with zero attached hydrogens (tertiary/aromatic N) is 2. The van der Waals surface area contributed by atoms with Crippen LogP contribution in [-0.4, -0.2) is 16.8 Å². The van der Waals surface area contributed by atoms with Crippen LogP contribution in [0.25, 0.3) is 11.3 Å². The van der Waals surface area contributed by atoms with Gasteiger partial charge in [-0.05, 0) is 32.0 Å². The van der Waals surface area contributed by atoms with Crippen molar-refractivity contribution in [3.05, 3.63) is 41.1 Å². The van der Waals surface area contributed by atoms with Crippen molar-refractivity contribution in [2.45, 2.75) is 20.4 Å². The Hall–Kier alpha value is -1.61. The molecule has 0 saturated heterocycles. The molecule has 3 nitrogen and oxygen atoms in total. The summed E-state index contributed by atoms with van der Waals surface area (Å²) in [6.45, 7) is 5.11. The first-order valence-electron chi connectivity index (χ1n) is 5.88. The molecule has 1 aromatic heterocycles. The van der Waals surface area contributed by atoms with Crippen molar-refractivity contribution in [1.82, 2.24) is 15.1 Å². The summed E-state index contributed by atoms with van der Waals surface area (Å²) in [5.74, 6) is 0. The SMILES string of the molecule is CNCc1c(C)c(-c2ccccc2C)nn1C. The summed E-state index contributed by atoms with van der Waals surface area (Å²) in [6.07, 6.45) is 0. The molecule has 17 heavy (non-hydrogen) atoms. The zero-order chi connectivity index (χ0) is 12.4. The lowest BCUT2D eigenvalue weighted by Gasteiger charge is -2.03. The molecule has 3 heteroatoms. The first-order chi connectivity index (χ1) is 8.15. The second-order valence-corrected chi connectivity index (χ2v) is 4.39. The van der Waals surface area contributed by atoms with E-state index in [1.807, 2.05) is 18.8 Å². The Bertz CT molecular complexity index is 526. The van der Waals surface area contributed by atoms with Crippen molar-refractivity contribution in [2.75, 3.05) is 7.05 Å². The van der Waals surface area contributed by atoms with E-state index in [9.17, 15) is 0 Å². The van der Waals surface area contributed by atoms with Gasteiger partial charge in [-0.2, -0.15) is 5.10 Å². The Labute approximate surface area is 102 Å². The standard InChI is InChI=1S/C14H19N3/c1-10-7-5-6-8-12(10)14-11(2)13(9-15-3)17(4)16-14/h5-8,15H,9H2,1-4H3. The number of rotatable bonds is 3. The molecule has 2 aromatic rings. The fourth-order valence-electron chi connectivity index (χ4n) is 2.17. The van der Waals surface area contributed by atoms with Gasteiger partial charge in [-0.15, -0.1) is 0 Å². The molecule has 0 radical (unpaired) electrons. The van der Waals surface area contributed by atoms with E-state index in [1.54, 1.807) is 0 Å². The zero-order valence-corrected chi connectivity index (χ0v) is 10.9. The Morgan fingerprint density at radius 3 is 2.59 bits per heavy atom. The average molecular weight is 229 g/mol. The Morgan fingerprint density at radius 1 is 1.24 bits per heavy atom. The minimum Gasteiger partial charge on any atom is -0.314 e. The highest BCUT2D eigenvalue weighted by atomic mass is 15.3. The molecule has 0 fully saturated rings. The van der Waals surface area contributed by atoms with Gasteiger partial charge in [0.15, 0.2) is 0 Å². The maximum Gasteiger partial charge on any atom is 0.0958 e. The molecule has 0 aliphatic carbocycles. The van der Waals surface area contributed by atoms with Crippen LogP contribution >= 0.6 is 0 Å². The highest BCUT2D eigenvalue weighted by Crippen LogP contribution is 2.26. The lowest BCUT2D eigenvalue weighted by Crippen LogP contribution is -2.10. The van der Waals surface area contributed by atoms with E-state index in [4.69, 9.17) is 0 Å². The van der Waals surface area contributed by atoms with Crippen molar-refractivity contribution < 1.29 is 0 Å². The fourth-order valence-corrected chi connectivity index (χ4v) is 2.17. The monoisotopic (exact) mass is 229 g/mol. The van der Waals surface area contributed by atoms with Crippen LogP contribution in [0.15, 0.2) is 24.3 Å². The summed E-state index contributed by atoms with van der Waals surface area (Å²) in [5, 5.41) is 7.82. The number of aromatic nitrogens is 2. The molecule has 1 aromatic carbocycles.